The fraction of sp³-hybridized carbons (Fsp3) is 0.818. The topological polar surface area (TPSA) is 78.4 Å². The number of carbonyl (C=O) groups is 2. The molecule has 3 N–H and O–H groups in total. The van der Waals surface area contributed by atoms with Gasteiger partial charge in [0.15, 0.2) is 0 Å². The Labute approximate surface area is 95.6 Å². The molecule has 2 amide bonds. The van der Waals surface area contributed by atoms with Crippen molar-refractivity contribution < 1.29 is 14.7 Å². The van der Waals surface area contributed by atoms with Gasteiger partial charge in [0.25, 0.3) is 0 Å². The van der Waals surface area contributed by atoms with E-state index >= 15 is 0 Å². The van der Waals surface area contributed by atoms with E-state index in [2.05, 4.69) is 10.6 Å². The van der Waals surface area contributed by atoms with Crippen LogP contribution in [0.3, 0.4) is 0 Å². The monoisotopic (exact) mass is 228 g/mol. The second kappa shape index (κ2) is 5.18. The minimum atomic E-state index is -0.978. The van der Waals surface area contributed by atoms with E-state index < -0.39 is 12.0 Å². The summed E-state index contributed by atoms with van der Waals surface area (Å²) in [6, 6.07) is -0.965. The molecule has 0 radical (unpaired) electrons. The Morgan fingerprint density at radius 2 is 2.06 bits per heavy atom. The van der Waals surface area contributed by atoms with Gasteiger partial charge in [0, 0.05) is 6.04 Å². The molecule has 0 aromatic carbocycles. The molecule has 0 aliphatic heterocycles. The van der Waals surface area contributed by atoms with Gasteiger partial charge in [-0.05, 0) is 18.3 Å². The summed E-state index contributed by atoms with van der Waals surface area (Å²) < 4.78 is 0. The zero-order chi connectivity index (χ0) is 12.3. The molecule has 1 saturated carbocycles. The highest BCUT2D eigenvalue weighted by molar-refractivity contribution is 5.83. The van der Waals surface area contributed by atoms with Crippen LogP contribution in [0.5, 0.6) is 0 Å². The van der Waals surface area contributed by atoms with Gasteiger partial charge in [0.1, 0.15) is 6.04 Å². The van der Waals surface area contributed by atoms with Gasteiger partial charge in [-0.3, -0.25) is 0 Å². The van der Waals surface area contributed by atoms with Crippen LogP contribution in [0.15, 0.2) is 0 Å². The second-order valence-corrected chi connectivity index (χ2v) is 4.64. The van der Waals surface area contributed by atoms with E-state index in [1.807, 2.05) is 20.8 Å². The first kappa shape index (κ1) is 12.8. The summed E-state index contributed by atoms with van der Waals surface area (Å²) in [5, 5.41) is 14.2. The molecule has 92 valence electrons. The molecule has 5 heteroatoms. The zero-order valence-electron chi connectivity index (χ0n) is 9.99. The molecule has 0 spiro atoms. The lowest BCUT2D eigenvalue weighted by Gasteiger charge is -2.20. The van der Waals surface area contributed by atoms with E-state index in [0.29, 0.717) is 5.92 Å². The highest BCUT2D eigenvalue weighted by atomic mass is 16.4. The minimum Gasteiger partial charge on any atom is -0.480 e. The van der Waals surface area contributed by atoms with Crippen LogP contribution in [0.2, 0.25) is 0 Å². The van der Waals surface area contributed by atoms with Crippen LogP contribution < -0.4 is 10.6 Å². The third-order valence-electron chi connectivity index (χ3n) is 3.19. The lowest BCUT2D eigenvalue weighted by molar-refractivity contribution is -0.140. The van der Waals surface area contributed by atoms with E-state index in [1.54, 1.807) is 0 Å². The highest BCUT2D eigenvalue weighted by Gasteiger charge is 2.35. The molecule has 1 rings (SSSR count). The Hall–Kier alpha value is -1.26. The number of carboxylic acids is 1. The molecular weight excluding hydrogens is 208 g/mol. The summed E-state index contributed by atoms with van der Waals surface area (Å²) in [4.78, 5) is 22.4. The van der Waals surface area contributed by atoms with E-state index in [9.17, 15) is 9.59 Å². The van der Waals surface area contributed by atoms with Crippen LogP contribution in [0.1, 0.15) is 33.6 Å². The van der Waals surface area contributed by atoms with Gasteiger partial charge >= 0.3 is 12.0 Å². The molecule has 0 saturated heterocycles. The Morgan fingerprint density at radius 1 is 1.50 bits per heavy atom. The number of carbonyl (C=O) groups excluding carboxylic acids is 1. The lowest BCUT2D eigenvalue weighted by Crippen LogP contribution is -2.49. The molecule has 16 heavy (non-hydrogen) atoms. The van der Waals surface area contributed by atoms with Crippen molar-refractivity contribution in [2.45, 2.75) is 45.7 Å². The molecule has 5 nitrogen and oxygen atoms in total. The van der Waals surface area contributed by atoms with Gasteiger partial charge < -0.3 is 15.7 Å². The normalized spacial score (nSPS) is 26.7. The van der Waals surface area contributed by atoms with Crippen LogP contribution in [0.25, 0.3) is 0 Å². The average molecular weight is 228 g/mol. The SMILES string of the molecule is CCC(C)[C@H](NC(=O)NC1CC1C)C(=O)O. The molecule has 4 atom stereocenters. The molecule has 0 heterocycles. The predicted molar refractivity (Wildman–Crippen MR) is 60.1 cm³/mol. The third kappa shape index (κ3) is 3.40. The maximum Gasteiger partial charge on any atom is 0.326 e. The van der Waals surface area contributed by atoms with Crippen LogP contribution in [0, 0.1) is 11.8 Å². The van der Waals surface area contributed by atoms with E-state index in [1.165, 1.54) is 0 Å². The van der Waals surface area contributed by atoms with Gasteiger partial charge in [0.05, 0.1) is 0 Å². The van der Waals surface area contributed by atoms with Crippen LogP contribution in [-0.4, -0.2) is 29.2 Å². The van der Waals surface area contributed by atoms with Crippen molar-refractivity contribution in [3.63, 3.8) is 0 Å². The van der Waals surface area contributed by atoms with Gasteiger partial charge in [-0.1, -0.05) is 27.2 Å². The summed E-state index contributed by atoms with van der Waals surface area (Å²) in [6.07, 6.45) is 1.70. The summed E-state index contributed by atoms with van der Waals surface area (Å²) in [5.74, 6) is -0.536. The fourth-order valence-electron chi connectivity index (χ4n) is 1.56. The standard InChI is InChI=1S/C11H20N2O3/c1-4-6(2)9(10(14)15)13-11(16)12-8-5-7(8)3/h6-9H,4-5H2,1-3H3,(H,14,15)(H2,12,13,16)/t6?,7?,8?,9-/m0/s1. The lowest BCUT2D eigenvalue weighted by atomic mass is 9.99. The number of aliphatic carboxylic acids is 1. The quantitative estimate of drug-likeness (QED) is 0.661. The highest BCUT2D eigenvalue weighted by Crippen LogP contribution is 2.28. The summed E-state index contributed by atoms with van der Waals surface area (Å²) in [6.45, 7) is 5.77. The Kier molecular flexibility index (Phi) is 4.15. The van der Waals surface area contributed by atoms with E-state index in [4.69, 9.17) is 5.11 Å². The fourth-order valence-corrected chi connectivity index (χ4v) is 1.56. The molecule has 1 aliphatic rings. The van der Waals surface area contributed by atoms with Gasteiger partial charge in [-0.15, -0.1) is 0 Å². The maximum atomic E-state index is 11.5. The summed E-state index contributed by atoms with van der Waals surface area (Å²) >= 11 is 0. The largest absolute Gasteiger partial charge is 0.480 e. The van der Waals surface area contributed by atoms with Crippen LogP contribution in [0.4, 0.5) is 4.79 Å². The zero-order valence-corrected chi connectivity index (χ0v) is 9.99. The van der Waals surface area contributed by atoms with E-state index in [0.717, 1.165) is 12.8 Å². The predicted octanol–water partition coefficient (Wildman–Crippen LogP) is 1.19. The minimum absolute atomic E-state index is 0.0696. The molecule has 3 unspecified atom stereocenters. The average Bonchev–Trinajstić information content (AvgIpc) is 2.89. The van der Waals surface area contributed by atoms with Crippen molar-refractivity contribution >= 4 is 12.0 Å². The number of nitrogens with one attached hydrogen (secondary N) is 2. The first-order valence-electron chi connectivity index (χ1n) is 5.75. The maximum absolute atomic E-state index is 11.5. The van der Waals surface area contributed by atoms with Gasteiger partial charge in [-0.25, -0.2) is 9.59 Å². The van der Waals surface area contributed by atoms with Crippen molar-refractivity contribution in [1.29, 1.82) is 0 Å². The van der Waals surface area contributed by atoms with Crippen molar-refractivity contribution in [2.24, 2.45) is 11.8 Å². The third-order valence-corrected chi connectivity index (χ3v) is 3.19. The van der Waals surface area contributed by atoms with Gasteiger partial charge in [-0.2, -0.15) is 0 Å². The Morgan fingerprint density at radius 3 is 2.44 bits per heavy atom. The number of hydrogen-bond acceptors (Lipinski definition) is 2. The molecule has 1 fully saturated rings. The van der Waals surface area contributed by atoms with Crippen LogP contribution in [-0.2, 0) is 4.79 Å². The van der Waals surface area contributed by atoms with Crippen molar-refractivity contribution in [3.05, 3.63) is 0 Å². The number of amides is 2. The van der Waals surface area contributed by atoms with Crippen molar-refractivity contribution in [1.82, 2.24) is 10.6 Å². The molecule has 0 aromatic rings. The molecular formula is C11H20N2O3. The summed E-state index contributed by atoms with van der Waals surface area (Å²) in [7, 11) is 0. The molecule has 0 aromatic heterocycles. The molecule has 1 aliphatic carbocycles. The number of rotatable bonds is 5. The Balaban J connectivity index is 2.41. The van der Waals surface area contributed by atoms with Gasteiger partial charge in [0.2, 0.25) is 0 Å². The first-order valence-corrected chi connectivity index (χ1v) is 5.75. The van der Waals surface area contributed by atoms with Crippen molar-refractivity contribution in [2.75, 3.05) is 0 Å². The molecule has 0 bridgehead atoms. The van der Waals surface area contributed by atoms with Crippen molar-refractivity contribution in [3.8, 4) is 0 Å². The summed E-state index contributed by atoms with van der Waals surface area (Å²) in [5.41, 5.74) is 0. The first-order chi connectivity index (χ1) is 7.45. The van der Waals surface area contributed by atoms with E-state index in [-0.39, 0.29) is 18.0 Å². The van der Waals surface area contributed by atoms with Crippen LogP contribution >= 0.6 is 0 Å². The number of urea groups is 1. The number of hydrogen-bond donors (Lipinski definition) is 3. The smallest absolute Gasteiger partial charge is 0.326 e. The number of carboxylic acid groups (broad SMARTS) is 1. The second-order valence-electron chi connectivity index (χ2n) is 4.64. The Bertz CT molecular complexity index is 280.